The number of halogens is 2. The fourth-order valence-electron chi connectivity index (χ4n) is 4.28. The first-order valence-electron chi connectivity index (χ1n) is 11.7. The molecule has 2 aromatic carbocycles. The molecule has 0 aliphatic heterocycles. The number of rotatable bonds is 8. The molecule has 0 saturated carbocycles. The molecule has 37 heavy (non-hydrogen) atoms. The summed E-state index contributed by atoms with van der Waals surface area (Å²) in [5.41, 5.74) is 5.95. The number of hydrogen-bond acceptors (Lipinski definition) is 5. The van der Waals surface area contributed by atoms with Gasteiger partial charge in [-0.15, -0.1) is 0 Å². The van der Waals surface area contributed by atoms with Gasteiger partial charge in [0.05, 0.1) is 22.1 Å². The van der Waals surface area contributed by atoms with Crippen molar-refractivity contribution in [2.24, 2.45) is 0 Å². The van der Waals surface area contributed by atoms with Crippen LogP contribution in [0.4, 0.5) is 0 Å². The zero-order valence-electron chi connectivity index (χ0n) is 21.5. The van der Waals surface area contributed by atoms with Crippen LogP contribution in [0.3, 0.4) is 0 Å². The van der Waals surface area contributed by atoms with E-state index in [-0.39, 0.29) is 43.4 Å². The summed E-state index contributed by atoms with van der Waals surface area (Å²) in [6.45, 7) is 3.53. The molecular weight excluding hydrogens is 544 g/mol. The molecule has 5 rings (SSSR count). The Labute approximate surface area is 242 Å². The van der Waals surface area contributed by atoms with Gasteiger partial charge in [0.2, 0.25) is 0 Å². The molecule has 7 nitrogen and oxygen atoms in total. The van der Waals surface area contributed by atoms with E-state index in [1.807, 2.05) is 24.3 Å². The maximum atomic E-state index is 5.09. The van der Waals surface area contributed by atoms with Gasteiger partial charge in [-0.2, -0.15) is 0 Å². The number of nitrogens with zero attached hydrogens (tertiary/aromatic N) is 7. The molecule has 193 valence electrons. The number of para-hydroxylation sites is 4. The van der Waals surface area contributed by atoms with Gasteiger partial charge in [-0.3, -0.25) is 0 Å². The van der Waals surface area contributed by atoms with Crippen molar-refractivity contribution in [3.63, 3.8) is 0 Å². The van der Waals surface area contributed by atoms with Crippen molar-refractivity contribution in [1.29, 1.82) is 0 Å². The van der Waals surface area contributed by atoms with Gasteiger partial charge >= 0.3 is 18.6 Å². The van der Waals surface area contributed by atoms with Crippen molar-refractivity contribution >= 4 is 22.1 Å². The van der Waals surface area contributed by atoms with Gasteiger partial charge in [-0.1, -0.05) is 30.3 Å². The standard InChI is InChI=1S/C27H31N7.2ClH.V/c1-31(2)16-18-33-24-14-7-5-10-20(24)29-26(33)22-12-9-13-23(28-22)27-30-21-11-6-8-15-25(21)34(27)19-17-32(3)4;;;/h5-15H,16-19H2,1-4H3;2*1H;/q;;;+2/p-2. The van der Waals surface area contributed by atoms with Crippen molar-refractivity contribution in [1.82, 2.24) is 33.9 Å². The number of imidazole rings is 2. The molecule has 0 atom stereocenters. The van der Waals surface area contributed by atoms with Crippen LogP contribution in [-0.2, 0) is 31.6 Å². The van der Waals surface area contributed by atoms with Gasteiger partial charge in [0.1, 0.15) is 11.4 Å². The normalized spacial score (nSPS) is 11.0. The third-order valence-electron chi connectivity index (χ3n) is 6.06. The van der Waals surface area contributed by atoms with Gasteiger partial charge in [0, 0.05) is 26.2 Å². The Morgan fingerprint density at radius 1 is 0.568 bits per heavy atom. The van der Waals surface area contributed by atoms with E-state index in [1.54, 1.807) is 0 Å². The molecule has 0 N–H and O–H groups in total. The minimum atomic E-state index is 0. The topological polar surface area (TPSA) is 55.0 Å². The maximum Gasteiger partial charge on any atom is 2.00 e. The zero-order valence-corrected chi connectivity index (χ0v) is 24.4. The van der Waals surface area contributed by atoms with E-state index in [9.17, 15) is 0 Å². The van der Waals surface area contributed by atoms with Gasteiger partial charge in [0.15, 0.2) is 11.6 Å². The molecule has 0 aliphatic rings. The maximum absolute atomic E-state index is 5.09. The Kier molecular flexibility index (Phi) is 11.2. The van der Waals surface area contributed by atoms with Crippen molar-refractivity contribution in [3.05, 3.63) is 66.7 Å². The minimum absolute atomic E-state index is 0. The van der Waals surface area contributed by atoms with Crippen LogP contribution in [0.25, 0.3) is 45.1 Å². The Morgan fingerprint density at radius 3 is 1.38 bits per heavy atom. The van der Waals surface area contributed by atoms with E-state index in [4.69, 9.17) is 15.0 Å². The van der Waals surface area contributed by atoms with E-state index >= 15 is 0 Å². The SMILES string of the molecule is CN(C)CCn1c(-c2cccc(-c3nc4ccccc4n3CCN(C)C)n2)nc2ccccc21.[Cl-].[Cl-].[V+2]. The molecule has 0 spiro atoms. The first kappa shape index (κ1) is 30.8. The molecule has 3 aromatic heterocycles. The average Bonchev–Trinajstić information content (AvgIpc) is 3.40. The summed E-state index contributed by atoms with van der Waals surface area (Å²) in [5.74, 6) is 1.78. The Bertz CT molecular complexity index is 1340. The van der Waals surface area contributed by atoms with E-state index in [0.29, 0.717) is 0 Å². The number of hydrogen-bond donors (Lipinski definition) is 0. The number of fused-ring (bicyclic) bond motifs is 2. The second kappa shape index (κ2) is 13.4. The van der Waals surface area contributed by atoms with Crippen LogP contribution >= 0.6 is 0 Å². The number of benzene rings is 2. The predicted molar refractivity (Wildman–Crippen MR) is 139 cm³/mol. The second-order valence-corrected chi connectivity index (χ2v) is 9.17. The Balaban J connectivity index is 0.00000160. The number of likely N-dealkylation sites (N-methyl/N-ethyl adjacent to an activating group) is 2. The molecule has 0 fully saturated rings. The van der Waals surface area contributed by atoms with E-state index in [1.165, 1.54) is 0 Å². The minimum Gasteiger partial charge on any atom is -1.00 e. The molecule has 0 bridgehead atoms. The molecule has 1 radical (unpaired) electrons. The van der Waals surface area contributed by atoms with Crippen LogP contribution in [-0.4, -0.2) is 75.2 Å². The fourth-order valence-corrected chi connectivity index (χ4v) is 4.28. The Hall–Kier alpha value is -2.39. The first-order valence-corrected chi connectivity index (χ1v) is 11.7. The van der Waals surface area contributed by atoms with Crippen molar-refractivity contribution in [3.8, 4) is 23.0 Å². The van der Waals surface area contributed by atoms with Crippen molar-refractivity contribution in [2.45, 2.75) is 13.1 Å². The molecule has 10 heteroatoms. The molecule has 5 aromatic rings. The summed E-state index contributed by atoms with van der Waals surface area (Å²) in [5, 5.41) is 0. The Morgan fingerprint density at radius 2 is 0.973 bits per heavy atom. The van der Waals surface area contributed by atoms with Crippen molar-refractivity contribution < 1.29 is 43.4 Å². The molecule has 0 amide bonds. The molecular formula is C27H31Cl2N7V. The predicted octanol–water partition coefficient (Wildman–Crippen LogP) is -1.76. The van der Waals surface area contributed by atoms with Gasteiger partial charge in [-0.25, -0.2) is 15.0 Å². The molecule has 0 unspecified atom stereocenters. The second-order valence-electron chi connectivity index (χ2n) is 9.17. The largest absolute Gasteiger partial charge is 2.00 e. The molecule has 0 aliphatic carbocycles. The zero-order chi connectivity index (χ0) is 23.7. The van der Waals surface area contributed by atoms with Crippen LogP contribution in [0.5, 0.6) is 0 Å². The molecule has 0 saturated heterocycles. The van der Waals surface area contributed by atoms with E-state index in [0.717, 1.165) is 71.3 Å². The monoisotopic (exact) mass is 574 g/mol. The summed E-state index contributed by atoms with van der Waals surface area (Å²) < 4.78 is 4.55. The van der Waals surface area contributed by atoms with Crippen LogP contribution in [0, 0.1) is 0 Å². The summed E-state index contributed by atoms with van der Waals surface area (Å²) in [7, 11) is 8.37. The summed E-state index contributed by atoms with van der Waals surface area (Å²) in [6, 6.07) is 22.7. The number of pyridine rings is 1. The number of aromatic nitrogens is 5. The van der Waals surface area contributed by atoms with Gasteiger partial charge in [0.25, 0.3) is 0 Å². The quantitative estimate of drug-likeness (QED) is 0.220. The fraction of sp³-hybridized carbons (Fsp3) is 0.296. The van der Waals surface area contributed by atoms with Crippen LogP contribution in [0.1, 0.15) is 0 Å². The average molecular weight is 575 g/mol. The van der Waals surface area contributed by atoms with Crippen molar-refractivity contribution in [2.75, 3.05) is 41.3 Å². The van der Waals surface area contributed by atoms with Crippen LogP contribution in [0.15, 0.2) is 66.7 Å². The van der Waals surface area contributed by atoms with E-state index in [2.05, 4.69) is 89.6 Å². The van der Waals surface area contributed by atoms with Gasteiger partial charge < -0.3 is 43.7 Å². The van der Waals surface area contributed by atoms with E-state index < -0.39 is 0 Å². The van der Waals surface area contributed by atoms with Crippen LogP contribution in [0.2, 0.25) is 0 Å². The summed E-state index contributed by atoms with van der Waals surface area (Å²) in [6.07, 6.45) is 0. The summed E-state index contributed by atoms with van der Waals surface area (Å²) >= 11 is 0. The molecule has 3 heterocycles. The smallest absolute Gasteiger partial charge is 1.00 e. The van der Waals surface area contributed by atoms with Gasteiger partial charge in [-0.05, 0) is 64.6 Å². The first-order chi connectivity index (χ1) is 16.5. The van der Waals surface area contributed by atoms with Crippen LogP contribution < -0.4 is 24.8 Å². The third-order valence-corrected chi connectivity index (χ3v) is 6.06. The third kappa shape index (κ3) is 6.55. The summed E-state index contributed by atoms with van der Waals surface area (Å²) in [4.78, 5) is 19.4.